The van der Waals surface area contributed by atoms with Crippen molar-refractivity contribution < 1.29 is 83.2 Å². The molecular weight excluding hydrogens is 1080 g/mol. The van der Waals surface area contributed by atoms with Crippen LogP contribution in [0.2, 0.25) is 0 Å². The summed E-state index contributed by atoms with van der Waals surface area (Å²) in [5.41, 5.74) is 10.4. The number of anilines is 2. The van der Waals surface area contributed by atoms with Gasteiger partial charge in [0, 0.05) is 78.2 Å². The lowest BCUT2D eigenvalue weighted by Crippen LogP contribution is -3.00. The van der Waals surface area contributed by atoms with Gasteiger partial charge in [-0.05, 0) is 85.7 Å². The van der Waals surface area contributed by atoms with E-state index in [-0.39, 0.29) is 52.6 Å². The van der Waals surface area contributed by atoms with Gasteiger partial charge in [0.1, 0.15) is 12.3 Å². The van der Waals surface area contributed by atoms with Crippen LogP contribution in [0.25, 0.3) is 0 Å². The Morgan fingerprint density at radius 1 is 0.527 bits per heavy atom. The van der Waals surface area contributed by atoms with Crippen molar-refractivity contribution in [3.8, 4) is 0 Å². The van der Waals surface area contributed by atoms with E-state index >= 15 is 0 Å². The van der Waals surface area contributed by atoms with Crippen LogP contribution in [0.4, 0.5) is 28.4 Å². The van der Waals surface area contributed by atoms with Crippen LogP contribution in [0.15, 0.2) is 176 Å². The molecule has 0 saturated heterocycles. The molecule has 5 aromatic rings. The van der Waals surface area contributed by atoms with E-state index in [2.05, 4.69) is 102 Å². The zero-order valence-electron chi connectivity index (χ0n) is 44.3. The molecule has 0 saturated carbocycles. The van der Waals surface area contributed by atoms with Crippen LogP contribution in [-0.4, -0.2) is 78.6 Å². The molecule has 2 aliphatic rings. The molecular formula is C58H76BrCl2N5O6P2. The minimum atomic E-state index is -3.13. The van der Waals surface area contributed by atoms with Crippen molar-refractivity contribution in [2.45, 2.75) is 73.1 Å². The van der Waals surface area contributed by atoms with Gasteiger partial charge in [-0.25, -0.2) is 4.99 Å². The highest BCUT2D eigenvalue weighted by atomic mass is 79.9. The second-order valence-corrected chi connectivity index (χ2v) is 22.0. The summed E-state index contributed by atoms with van der Waals surface area (Å²) < 4.78 is 52.1. The van der Waals surface area contributed by atoms with Crippen LogP contribution in [0.3, 0.4) is 0 Å². The zero-order chi connectivity index (χ0) is 51.2. The Morgan fingerprint density at radius 3 is 1.39 bits per heavy atom. The SMILES string of the molecule is C(/C=C/Nc1ccccc1)=[NH+]c1ccccc1.CCOP(=O)(CC[N+]1=C(/C=C/C=C/Nc2ccccc2)C(C)(C)c2ccccc21)OCC.CCOP(=O)(CC[N+]1=C(C)C(C)(C)c2ccccc21)OCC.[Br-].[Cl-].[Cl-]. The molecule has 5 aromatic carbocycles. The first-order valence-electron chi connectivity index (χ1n) is 24.7. The minimum absolute atomic E-state index is 0. The molecule has 74 heavy (non-hydrogen) atoms. The van der Waals surface area contributed by atoms with Crippen LogP contribution < -0.4 is 57.4 Å². The summed E-state index contributed by atoms with van der Waals surface area (Å²) in [5, 5.41) is 6.45. The van der Waals surface area contributed by atoms with E-state index in [9.17, 15) is 9.13 Å². The smallest absolute Gasteiger partial charge is 0.337 e. The summed E-state index contributed by atoms with van der Waals surface area (Å²) in [4.78, 5) is 3.18. The molecule has 2 aliphatic heterocycles. The lowest BCUT2D eigenvalue weighted by molar-refractivity contribution is -0.433. The maximum absolute atomic E-state index is 13.1. The van der Waals surface area contributed by atoms with Gasteiger partial charge in [0.25, 0.3) is 0 Å². The van der Waals surface area contributed by atoms with Crippen LogP contribution in [0.5, 0.6) is 0 Å². The van der Waals surface area contributed by atoms with Crippen LogP contribution in [0, 0.1) is 0 Å². The largest absolute Gasteiger partial charge is 1.00 e. The first-order chi connectivity index (χ1) is 34.2. The molecule has 0 atom stereocenters. The highest BCUT2D eigenvalue weighted by Crippen LogP contribution is 2.50. The van der Waals surface area contributed by atoms with Crippen molar-refractivity contribution >= 4 is 61.3 Å². The first kappa shape index (κ1) is 65.4. The van der Waals surface area contributed by atoms with Gasteiger partial charge in [-0.2, -0.15) is 9.15 Å². The van der Waals surface area contributed by atoms with Crippen LogP contribution >= 0.6 is 15.2 Å². The number of rotatable bonds is 22. The van der Waals surface area contributed by atoms with Gasteiger partial charge in [0.2, 0.25) is 17.1 Å². The van der Waals surface area contributed by atoms with E-state index in [1.807, 2.05) is 168 Å². The first-order valence-corrected chi connectivity index (χ1v) is 28.2. The summed E-state index contributed by atoms with van der Waals surface area (Å²) in [7, 11) is -6.13. The number of para-hydroxylation sites is 5. The monoisotopic (exact) mass is 1150 g/mol. The fraction of sp³-hybridized carbons (Fsp3) is 0.328. The molecule has 2 heterocycles. The van der Waals surface area contributed by atoms with E-state index in [4.69, 9.17) is 18.1 Å². The van der Waals surface area contributed by atoms with Gasteiger partial charge < -0.3 is 70.5 Å². The predicted octanol–water partition coefficient (Wildman–Crippen LogP) is 3.97. The molecule has 0 aromatic heterocycles. The maximum Gasteiger partial charge on any atom is 0.337 e. The Balaban J connectivity index is 0.000000392. The second kappa shape index (κ2) is 32.7. The highest BCUT2D eigenvalue weighted by Gasteiger charge is 2.45. The Hall–Kier alpha value is -4.71. The summed E-state index contributed by atoms with van der Waals surface area (Å²) in [6.07, 6.45) is 14.5. The van der Waals surface area contributed by atoms with Gasteiger partial charge in [0.15, 0.2) is 30.7 Å². The summed E-state index contributed by atoms with van der Waals surface area (Å²) in [6, 6.07) is 47.0. The molecule has 0 unspecified atom stereocenters. The summed E-state index contributed by atoms with van der Waals surface area (Å²) in [5.74, 6) is 0. The van der Waals surface area contributed by atoms with Gasteiger partial charge in [-0.15, -0.1) is 0 Å². The van der Waals surface area contributed by atoms with Gasteiger partial charge >= 0.3 is 15.2 Å². The molecule has 7 rings (SSSR count). The number of hydrogen-bond acceptors (Lipinski definition) is 8. The molecule has 0 bridgehead atoms. The lowest BCUT2D eigenvalue weighted by Gasteiger charge is -2.16. The van der Waals surface area contributed by atoms with E-state index in [1.54, 1.807) is 0 Å². The number of hydrogen-bond donors (Lipinski definition) is 3. The molecule has 0 spiro atoms. The predicted molar refractivity (Wildman–Crippen MR) is 296 cm³/mol. The van der Waals surface area contributed by atoms with Gasteiger partial charge in [-0.3, -0.25) is 9.13 Å². The molecule has 400 valence electrons. The standard InChI is InChI=1S/C26H33N2O3P.C17H27NO3P.C15H14N2.BrH.2ClH/c1-5-30-32(29,31-6-2)21-20-28-24-17-11-10-16-23(24)26(3,4)25(28)18-12-13-19-27-22-14-8-7-9-15-22;1-6-20-22(19,21-7-2)13-12-18-14(3)17(4,5)15-10-8-9-11-16(15)18;1-3-8-14(9-4-1)16-12-7-13-17-15-10-5-2-6-11-15;;;/h7-19H,5-6,20-21H2,1-4H3;8-11H,6-7,12-13H2,1-5H3;1-13,16H;3*1H/q;+1;;;;/p-1/b;;12-7+,17-13?;;;. The van der Waals surface area contributed by atoms with Crippen molar-refractivity contribution in [1.29, 1.82) is 0 Å². The van der Waals surface area contributed by atoms with Crippen molar-refractivity contribution in [2.75, 3.05) is 62.5 Å². The number of allylic oxidation sites excluding steroid dienone is 4. The van der Waals surface area contributed by atoms with Gasteiger partial charge in [0.05, 0.1) is 37.3 Å². The molecule has 11 nitrogen and oxygen atoms in total. The maximum atomic E-state index is 13.1. The third-order valence-corrected chi connectivity index (χ3v) is 16.3. The Morgan fingerprint density at radius 2 is 0.919 bits per heavy atom. The molecule has 0 aliphatic carbocycles. The van der Waals surface area contributed by atoms with Crippen LogP contribution in [-0.2, 0) is 38.1 Å². The normalized spacial score (nSPS) is 14.3. The van der Waals surface area contributed by atoms with Crippen molar-refractivity contribution in [2.24, 2.45) is 0 Å². The minimum Gasteiger partial charge on any atom is -1.00 e. The molecule has 0 fully saturated rings. The van der Waals surface area contributed by atoms with Crippen molar-refractivity contribution in [1.82, 2.24) is 0 Å². The topological polar surface area (TPSA) is 115 Å². The molecule has 0 radical (unpaired) electrons. The average molecular weight is 1150 g/mol. The lowest BCUT2D eigenvalue weighted by atomic mass is 9.81. The van der Waals surface area contributed by atoms with E-state index in [0.29, 0.717) is 51.8 Å². The van der Waals surface area contributed by atoms with Gasteiger partial charge in [-0.1, -0.05) is 97.1 Å². The van der Waals surface area contributed by atoms with Crippen LogP contribution in [0.1, 0.15) is 73.4 Å². The summed E-state index contributed by atoms with van der Waals surface area (Å²) in [6.45, 7) is 21.2. The molecule has 0 amide bonds. The van der Waals surface area contributed by atoms with E-state index in [1.165, 1.54) is 22.5 Å². The molecule has 16 heteroatoms. The van der Waals surface area contributed by atoms with E-state index in [0.717, 1.165) is 28.5 Å². The zero-order valence-corrected chi connectivity index (χ0v) is 49.2. The fourth-order valence-corrected chi connectivity index (χ4v) is 11.6. The number of halogens is 3. The second-order valence-electron chi connectivity index (χ2n) is 17.7. The quantitative estimate of drug-likeness (QED) is 0.0414. The summed E-state index contributed by atoms with van der Waals surface area (Å²) >= 11 is 0. The Labute approximate surface area is 464 Å². The fourth-order valence-electron chi connectivity index (χ4n) is 8.47. The third-order valence-electron chi connectivity index (χ3n) is 12.2. The number of nitrogens with zero attached hydrogens (tertiary/aromatic N) is 2. The van der Waals surface area contributed by atoms with E-state index < -0.39 is 15.2 Å². The number of fused-ring (bicyclic) bond motifs is 2. The highest BCUT2D eigenvalue weighted by molar-refractivity contribution is 7.54. The Kier molecular flexibility index (Phi) is 28.9. The number of nitrogens with one attached hydrogen (secondary N) is 3. The Bertz CT molecular complexity index is 2730. The van der Waals surface area contributed by atoms with Crippen molar-refractivity contribution in [3.05, 3.63) is 187 Å². The third kappa shape index (κ3) is 18.8. The molecule has 3 N–H and O–H groups in total. The van der Waals surface area contributed by atoms with Crippen molar-refractivity contribution in [3.63, 3.8) is 0 Å². The average Bonchev–Trinajstić information content (AvgIpc) is 3.71. The number of benzene rings is 5.